The number of anilines is 2. The third kappa shape index (κ3) is 1.19. The van der Waals surface area contributed by atoms with Crippen LogP contribution in [0.2, 0.25) is 0 Å². The Hall–Kier alpha value is -1.50. The van der Waals surface area contributed by atoms with Crippen molar-refractivity contribution in [3.05, 3.63) is 0 Å². The van der Waals surface area contributed by atoms with Crippen LogP contribution in [-0.4, -0.2) is 20.4 Å². The summed E-state index contributed by atoms with van der Waals surface area (Å²) >= 11 is 0. The third-order valence-electron chi connectivity index (χ3n) is 0.623. The van der Waals surface area contributed by atoms with Crippen molar-refractivity contribution in [1.82, 2.24) is 20.4 Å². The smallest absolute Gasteiger partial charge is 0.276 e. The number of nitrogens with zero attached hydrogens (tertiary/aromatic N) is 4. The number of aromatic nitrogens is 4. The van der Waals surface area contributed by atoms with E-state index in [2.05, 4.69) is 25.8 Å². The Kier molecular flexibility index (Phi) is 1.36. The fourth-order valence-electron chi connectivity index (χ4n) is 0.295. The molecular weight excluding hydrogens is 122 g/mol. The number of nitrogens with one attached hydrogen (secondary N) is 1. The molecule has 7 heteroatoms. The first-order chi connectivity index (χ1) is 4.33. The molecule has 0 aliphatic rings. The van der Waals surface area contributed by atoms with Crippen LogP contribution in [0.4, 0.5) is 11.9 Å². The van der Waals surface area contributed by atoms with Crippen molar-refractivity contribution in [2.24, 2.45) is 5.84 Å². The van der Waals surface area contributed by atoms with E-state index in [1.165, 1.54) is 0 Å². The number of rotatable bonds is 1. The molecule has 1 heterocycles. The highest BCUT2D eigenvalue weighted by Gasteiger charge is 1.91. The van der Waals surface area contributed by atoms with Gasteiger partial charge in [0.25, 0.3) is 11.9 Å². The van der Waals surface area contributed by atoms with Gasteiger partial charge < -0.3 is 5.73 Å². The molecule has 5 N–H and O–H groups in total. The summed E-state index contributed by atoms with van der Waals surface area (Å²) in [5, 5.41) is 13.5. The topological polar surface area (TPSA) is 116 Å². The summed E-state index contributed by atoms with van der Waals surface area (Å²) in [5.74, 6) is 5.07. The molecule has 0 aromatic carbocycles. The molecule has 48 valence electrons. The molecule has 0 amide bonds. The Labute approximate surface area is 50.4 Å². The molecule has 0 atom stereocenters. The van der Waals surface area contributed by atoms with Gasteiger partial charge in [0.15, 0.2) is 0 Å². The van der Waals surface area contributed by atoms with Gasteiger partial charge in [0, 0.05) is 0 Å². The minimum Gasteiger partial charge on any atom is -0.365 e. The van der Waals surface area contributed by atoms with Gasteiger partial charge in [-0.1, -0.05) is 0 Å². The number of hydrogen-bond donors (Lipinski definition) is 3. The normalized spacial score (nSPS) is 9.00. The van der Waals surface area contributed by atoms with Crippen LogP contribution in [-0.2, 0) is 0 Å². The highest BCUT2D eigenvalue weighted by atomic mass is 15.4. The summed E-state index contributed by atoms with van der Waals surface area (Å²) in [6.45, 7) is 0. The number of hydrazine groups is 1. The average Bonchev–Trinajstić information content (AvgIpc) is 1.90. The van der Waals surface area contributed by atoms with Gasteiger partial charge in [0.05, 0.1) is 0 Å². The summed E-state index contributed by atoms with van der Waals surface area (Å²) < 4.78 is 0. The Bertz CT molecular complexity index is 179. The first-order valence-corrected chi connectivity index (χ1v) is 2.12. The minimum atomic E-state index is 0.0222. The van der Waals surface area contributed by atoms with Crippen LogP contribution in [0.15, 0.2) is 0 Å². The quantitative estimate of drug-likeness (QED) is 0.299. The van der Waals surface area contributed by atoms with Crippen LogP contribution in [0.3, 0.4) is 0 Å². The van der Waals surface area contributed by atoms with E-state index in [0.717, 1.165) is 0 Å². The van der Waals surface area contributed by atoms with Crippen LogP contribution in [0, 0.1) is 0 Å². The number of nitrogen functional groups attached to an aromatic ring is 2. The van der Waals surface area contributed by atoms with E-state index >= 15 is 0 Å². The molecule has 0 saturated carbocycles. The Morgan fingerprint density at radius 3 is 2.11 bits per heavy atom. The maximum atomic E-state index is 5.07. The van der Waals surface area contributed by atoms with E-state index in [1.807, 2.05) is 0 Å². The molecule has 0 aliphatic heterocycles. The van der Waals surface area contributed by atoms with Crippen molar-refractivity contribution in [3.8, 4) is 0 Å². The van der Waals surface area contributed by atoms with E-state index < -0.39 is 0 Å². The standard InChI is InChI=1S/C2H5N7/c3-1-6-8-2(5-4)9-7-1/h4H2,(H2,3,6,7)(H,5,8,9). The molecule has 9 heavy (non-hydrogen) atoms. The summed E-state index contributed by atoms with van der Waals surface area (Å²) in [4.78, 5) is 0. The van der Waals surface area contributed by atoms with E-state index in [1.54, 1.807) is 0 Å². The van der Waals surface area contributed by atoms with E-state index in [-0.39, 0.29) is 11.9 Å². The molecule has 0 fully saturated rings. The van der Waals surface area contributed by atoms with E-state index in [0.29, 0.717) is 0 Å². The summed E-state index contributed by atoms with van der Waals surface area (Å²) in [6, 6.07) is 0. The fourth-order valence-corrected chi connectivity index (χ4v) is 0.295. The molecule has 7 nitrogen and oxygen atoms in total. The van der Waals surface area contributed by atoms with Crippen molar-refractivity contribution in [1.29, 1.82) is 0 Å². The van der Waals surface area contributed by atoms with Crippen LogP contribution in [0.1, 0.15) is 0 Å². The molecule has 0 bridgehead atoms. The van der Waals surface area contributed by atoms with E-state index in [4.69, 9.17) is 11.6 Å². The van der Waals surface area contributed by atoms with Gasteiger partial charge in [0.2, 0.25) is 0 Å². The Morgan fingerprint density at radius 1 is 1.11 bits per heavy atom. The maximum Gasteiger partial charge on any atom is 0.276 e. The molecule has 0 aliphatic carbocycles. The number of hydrogen-bond acceptors (Lipinski definition) is 7. The molecule has 1 rings (SSSR count). The SMILES string of the molecule is NNc1nnc(N)nn1. The maximum absolute atomic E-state index is 5.07. The predicted octanol–water partition coefficient (Wildman–Crippen LogP) is -1.87. The van der Waals surface area contributed by atoms with Crippen LogP contribution >= 0.6 is 0 Å². The lowest BCUT2D eigenvalue weighted by molar-refractivity contribution is 0.870. The molecule has 0 spiro atoms. The zero-order valence-corrected chi connectivity index (χ0v) is 4.44. The predicted molar refractivity (Wildman–Crippen MR) is 29.8 cm³/mol. The second-order valence-electron chi connectivity index (χ2n) is 1.23. The fraction of sp³-hybridized carbons (Fsp3) is 0. The summed E-state index contributed by atoms with van der Waals surface area (Å²) in [6.07, 6.45) is 0. The number of nitrogens with two attached hydrogens (primary N) is 2. The lowest BCUT2D eigenvalue weighted by Gasteiger charge is -1.91. The van der Waals surface area contributed by atoms with Gasteiger partial charge >= 0.3 is 0 Å². The lowest BCUT2D eigenvalue weighted by Crippen LogP contribution is -2.13. The molecule has 0 radical (unpaired) electrons. The molecular formula is C2H5N7. The summed E-state index contributed by atoms with van der Waals surface area (Å²) in [5.41, 5.74) is 7.22. The molecule has 0 unspecified atom stereocenters. The monoisotopic (exact) mass is 127 g/mol. The Morgan fingerprint density at radius 2 is 1.67 bits per heavy atom. The van der Waals surface area contributed by atoms with Crippen molar-refractivity contribution < 1.29 is 0 Å². The van der Waals surface area contributed by atoms with Crippen molar-refractivity contribution in [2.75, 3.05) is 11.2 Å². The second kappa shape index (κ2) is 2.18. The zero-order valence-electron chi connectivity index (χ0n) is 4.44. The van der Waals surface area contributed by atoms with Gasteiger partial charge in [-0.15, -0.1) is 20.4 Å². The van der Waals surface area contributed by atoms with Gasteiger partial charge in [-0.2, -0.15) is 0 Å². The van der Waals surface area contributed by atoms with Gasteiger partial charge in [-0.3, -0.25) is 5.43 Å². The first kappa shape index (κ1) is 5.63. The highest BCUT2D eigenvalue weighted by Crippen LogP contribution is 1.87. The van der Waals surface area contributed by atoms with Crippen LogP contribution < -0.4 is 17.0 Å². The van der Waals surface area contributed by atoms with Crippen molar-refractivity contribution in [2.45, 2.75) is 0 Å². The van der Waals surface area contributed by atoms with Gasteiger partial charge in [0.1, 0.15) is 0 Å². The molecule has 0 saturated heterocycles. The largest absolute Gasteiger partial charge is 0.365 e. The average molecular weight is 127 g/mol. The van der Waals surface area contributed by atoms with Crippen molar-refractivity contribution >= 4 is 11.9 Å². The van der Waals surface area contributed by atoms with Gasteiger partial charge in [-0.25, -0.2) is 5.84 Å². The summed E-state index contributed by atoms with van der Waals surface area (Å²) in [7, 11) is 0. The first-order valence-electron chi connectivity index (χ1n) is 2.12. The van der Waals surface area contributed by atoms with Gasteiger partial charge in [-0.05, 0) is 0 Å². The molecule has 1 aromatic rings. The highest BCUT2D eigenvalue weighted by molar-refractivity contribution is 5.18. The van der Waals surface area contributed by atoms with Crippen LogP contribution in [0.5, 0.6) is 0 Å². The lowest BCUT2D eigenvalue weighted by atomic mass is 11.0. The zero-order chi connectivity index (χ0) is 6.69. The Balaban J connectivity index is 2.88. The van der Waals surface area contributed by atoms with E-state index in [9.17, 15) is 0 Å². The van der Waals surface area contributed by atoms with Crippen LogP contribution in [0.25, 0.3) is 0 Å². The molecule has 1 aromatic heterocycles. The van der Waals surface area contributed by atoms with Crippen molar-refractivity contribution in [3.63, 3.8) is 0 Å². The second-order valence-corrected chi connectivity index (χ2v) is 1.23. The minimum absolute atomic E-state index is 0.0222. The third-order valence-corrected chi connectivity index (χ3v) is 0.623.